The smallest absolute Gasteiger partial charge is 0.334 e. The third-order valence-corrected chi connectivity index (χ3v) is 7.06. The van der Waals surface area contributed by atoms with E-state index in [1.54, 1.807) is 0 Å². The molecule has 0 spiro atoms. The number of hydrogen-bond donors (Lipinski definition) is 1. The van der Waals surface area contributed by atoms with Gasteiger partial charge < -0.3 is 19.5 Å². The average Bonchev–Trinajstić information content (AvgIpc) is 3.20. The monoisotopic (exact) mass is 471 g/mol. The summed E-state index contributed by atoms with van der Waals surface area (Å²) in [6.45, 7) is 4.64. The Balaban J connectivity index is 1.13. The van der Waals surface area contributed by atoms with Crippen molar-refractivity contribution < 1.29 is 19.4 Å². The van der Waals surface area contributed by atoms with Crippen molar-refractivity contribution in [3.63, 3.8) is 0 Å². The van der Waals surface area contributed by atoms with E-state index in [1.165, 1.54) is 16.3 Å². The van der Waals surface area contributed by atoms with Crippen LogP contribution in [-0.4, -0.2) is 54.4 Å². The number of benzene rings is 3. The summed E-state index contributed by atoms with van der Waals surface area (Å²) in [6, 6.07) is 22.9. The summed E-state index contributed by atoms with van der Waals surface area (Å²) < 4.78 is 11.2. The van der Waals surface area contributed by atoms with Crippen LogP contribution < -0.4 is 4.74 Å². The zero-order valence-electron chi connectivity index (χ0n) is 20.2. The molecule has 0 saturated carbocycles. The molecule has 3 aromatic carbocycles. The molecule has 0 bridgehead atoms. The molecule has 0 aliphatic carbocycles. The first kappa shape index (κ1) is 23.6. The van der Waals surface area contributed by atoms with Gasteiger partial charge in [0, 0.05) is 24.1 Å². The fourth-order valence-corrected chi connectivity index (χ4v) is 5.18. The van der Waals surface area contributed by atoms with Gasteiger partial charge in [0.1, 0.15) is 24.6 Å². The van der Waals surface area contributed by atoms with Crippen LogP contribution in [0.4, 0.5) is 0 Å². The molecule has 0 amide bonds. The van der Waals surface area contributed by atoms with Gasteiger partial charge in [0.05, 0.1) is 0 Å². The van der Waals surface area contributed by atoms with Crippen LogP contribution in [0.2, 0.25) is 0 Å². The van der Waals surface area contributed by atoms with Crippen LogP contribution in [-0.2, 0) is 9.53 Å². The zero-order chi connectivity index (χ0) is 24.2. The van der Waals surface area contributed by atoms with Gasteiger partial charge in [-0.25, -0.2) is 4.79 Å². The predicted octanol–water partition coefficient (Wildman–Crippen LogP) is 5.18. The van der Waals surface area contributed by atoms with E-state index in [-0.39, 0.29) is 18.7 Å². The summed E-state index contributed by atoms with van der Waals surface area (Å²) in [7, 11) is 0. The minimum atomic E-state index is -0.579. The first-order valence-electron chi connectivity index (χ1n) is 12.6. The first-order chi connectivity index (χ1) is 17.0. The molecule has 2 heterocycles. The van der Waals surface area contributed by atoms with Crippen LogP contribution in [0.1, 0.15) is 43.2 Å². The highest BCUT2D eigenvalue weighted by molar-refractivity contribution is 5.96. The molecule has 5 nitrogen and oxygen atoms in total. The number of fused-ring (bicyclic) bond motifs is 1. The number of ether oxygens (including phenoxy) is 2. The Morgan fingerprint density at radius 3 is 2.57 bits per heavy atom. The van der Waals surface area contributed by atoms with Crippen molar-refractivity contribution in [3.05, 3.63) is 83.4 Å². The van der Waals surface area contributed by atoms with Crippen LogP contribution in [0.15, 0.2) is 72.3 Å². The number of nitrogens with zero attached hydrogens (tertiary/aromatic N) is 1. The number of aliphatic hydroxyl groups excluding tert-OH is 1. The van der Waals surface area contributed by atoms with E-state index in [0.29, 0.717) is 30.2 Å². The van der Waals surface area contributed by atoms with E-state index in [9.17, 15) is 9.90 Å². The molecule has 2 atom stereocenters. The normalized spacial score (nSPS) is 21.4. The number of hydrogen-bond acceptors (Lipinski definition) is 5. The standard InChI is InChI=1S/C30H33NO4/c1-21-16-27(30(33)35-21)18-26-8-4-5-9-29(26)34-20-28(32)19-31-14-12-23(13-15-31)25-11-10-22-6-2-3-7-24(22)17-25/h2-11,17-18,21,23,28,32H,12-16,19-20H2,1H3/b27-18+/t21?,28-/m0/s1. The lowest BCUT2D eigenvalue weighted by Crippen LogP contribution is -2.40. The zero-order valence-corrected chi connectivity index (χ0v) is 20.2. The second kappa shape index (κ2) is 10.6. The van der Waals surface area contributed by atoms with Crippen molar-refractivity contribution in [2.45, 2.75) is 44.3 Å². The molecular weight excluding hydrogens is 438 g/mol. The highest BCUT2D eigenvalue weighted by Crippen LogP contribution is 2.31. The van der Waals surface area contributed by atoms with E-state index in [4.69, 9.17) is 9.47 Å². The Kier molecular flexibility index (Phi) is 7.16. The Hall–Kier alpha value is -3.15. The lowest BCUT2D eigenvalue weighted by atomic mass is 9.88. The van der Waals surface area contributed by atoms with Gasteiger partial charge in [-0.2, -0.15) is 0 Å². The quantitative estimate of drug-likeness (QED) is 0.380. The molecule has 2 saturated heterocycles. The first-order valence-corrected chi connectivity index (χ1v) is 12.6. The van der Waals surface area contributed by atoms with Crippen molar-refractivity contribution in [2.75, 3.05) is 26.2 Å². The van der Waals surface area contributed by atoms with Gasteiger partial charge in [-0.15, -0.1) is 0 Å². The maximum absolute atomic E-state index is 12.0. The predicted molar refractivity (Wildman–Crippen MR) is 138 cm³/mol. The fraction of sp³-hybridized carbons (Fsp3) is 0.367. The van der Waals surface area contributed by atoms with E-state index < -0.39 is 6.10 Å². The van der Waals surface area contributed by atoms with Gasteiger partial charge in [-0.1, -0.05) is 60.7 Å². The van der Waals surface area contributed by atoms with Crippen molar-refractivity contribution in [1.82, 2.24) is 4.90 Å². The number of β-amino-alcohol motifs (C(OH)–C–C–N with tert-alkyl or cyclic N) is 1. The van der Waals surface area contributed by atoms with Crippen LogP contribution in [0.25, 0.3) is 16.8 Å². The Labute approximate surface area is 207 Å². The maximum atomic E-state index is 12.0. The number of rotatable bonds is 7. The molecule has 2 aliphatic rings. The number of carbonyl (C=O) groups excluding carboxylic acids is 1. The average molecular weight is 472 g/mol. The highest BCUT2D eigenvalue weighted by atomic mass is 16.5. The van der Waals surface area contributed by atoms with Gasteiger partial charge >= 0.3 is 5.97 Å². The van der Waals surface area contributed by atoms with Gasteiger partial charge in [-0.3, -0.25) is 0 Å². The SMILES string of the molecule is CC1C/C(=C\c2ccccc2OC[C@@H](O)CN2CCC(c3ccc4ccccc4c3)CC2)C(=O)O1. The topological polar surface area (TPSA) is 59.0 Å². The number of esters is 1. The lowest BCUT2D eigenvalue weighted by molar-refractivity contribution is -0.138. The van der Waals surface area contributed by atoms with E-state index in [2.05, 4.69) is 47.4 Å². The fourth-order valence-electron chi connectivity index (χ4n) is 5.18. The summed E-state index contributed by atoms with van der Waals surface area (Å²) in [5, 5.41) is 13.2. The number of para-hydroxylation sites is 1. The maximum Gasteiger partial charge on any atom is 0.334 e. The molecule has 0 aromatic heterocycles. The minimum Gasteiger partial charge on any atom is -0.490 e. The van der Waals surface area contributed by atoms with Crippen molar-refractivity contribution >= 4 is 22.8 Å². The second-order valence-electron chi connectivity index (χ2n) is 9.77. The number of likely N-dealkylation sites (tertiary alicyclic amines) is 1. The third-order valence-electron chi connectivity index (χ3n) is 7.06. The van der Waals surface area contributed by atoms with Crippen LogP contribution in [0.3, 0.4) is 0 Å². The Bertz CT molecular complexity index is 1210. The van der Waals surface area contributed by atoms with Crippen LogP contribution in [0, 0.1) is 0 Å². The molecule has 1 unspecified atom stereocenters. The molecule has 0 radical (unpaired) electrons. The van der Waals surface area contributed by atoms with Crippen molar-refractivity contribution in [2.24, 2.45) is 0 Å². The molecule has 182 valence electrons. The number of cyclic esters (lactones) is 1. The summed E-state index contributed by atoms with van der Waals surface area (Å²) in [6.07, 6.45) is 3.96. The largest absolute Gasteiger partial charge is 0.490 e. The Morgan fingerprint density at radius 2 is 1.80 bits per heavy atom. The van der Waals surface area contributed by atoms with Gasteiger partial charge in [0.15, 0.2) is 0 Å². The van der Waals surface area contributed by atoms with E-state index in [0.717, 1.165) is 31.5 Å². The summed E-state index contributed by atoms with van der Waals surface area (Å²) >= 11 is 0. The molecule has 2 aliphatic heterocycles. The third kappa shape index (κ3) is 5.75. The molecule has 1 N–H and O–H groups in total. The molecule has 5 rings (SSSR count). The van der Waals surface area contributed by atoms with Crippen molar-refractivity contribution in [1.29, 1.82) is 0 Å². The molecule has 5 heteroatoms. The molecule has 35 heavy (non-hydrogen) atoms. The van der Waals surface area contributed by atoms with E-state index >= 15 is 0 Å². The van der Waals surface area contributed by atoms with Crippen LogP contribution >= 0.6 is 0 Å². The van der Waals surface area contributed by atoms with Crippen LogP contribution in [0.5, 0.6) is 5.75 Å². The van der Waals surface area contributed by atoms with Crippen molar-refractivity contribution in [3.8, 4) is 5.75 Å². The summed E-state index contributed by atoms with van der Waals surface area (Å²) in [5.41, 5.74) is 2.90. The summed E-state index contributed by atoms with van der Waals surface area (Å²) in [5.74, 6) is 0.968. The number of piperidine rings is 1. The number of carbonyl (C=O) groups is 1. The number of aliphatic hydroxyl groups is 1. The minimum absolute atomic E-state index is 0.0889. The molecule has 3 aromatic rings. The highest BCUT2D eigenvalue weighted by Gasteiger charge is 2.26. The lowest BCUT2D eigenvalue weighted by Gasteiger charge is -2.33. The van der Waals surface area contributed by atoms with Gasteiger partial charge in [-0.05, 0) is 67.3 Å². The van der Waals surface area contributed by atoms with E-state index in [1.807, 2.05) is 37.3 Å². The second-order valence-corrected chi connectivity index (χ2v) is 9.77. The molecular formula is C30H33NO4. The summed E-state index contributed by atoms with van der Waals surface area (Å²) in [4.78, 5) is 14.3. The van der Waals surface area contributed by atoms with Gasteiger partial charge in [0.2, 0.25) is 0 Å². The molecule has 2 fully saturated rings. The Morgan fingerprint density at radius 1 is 1.06 bits per heavy atom. The van der Waals surface area contributed by atoms with Gasteiger partial charge in [0.25, 0.3) is 0 Å².